The molecule has 0 saturated heterocycles. The molecule has 1 aromatic rings. The highest BCUT2D eigenvalue weighted by Crippen LogP contribution is 2.16. The second-order valence-corrected chi connectivity index (χ2v) is 2.75. The summed E-state index contributed by atoms with van der Waals surface area (Å²) in [6, 6.07) is 0. The fourth-order valence-corrected chi connectivity index (χ4v) is 1.18. The first-order chi connectivity index (χ1) is 5.22. The minimum atomic E-state index is -0.459. The molecule has 0 saturated carbocycles. The fraction of sp³-hybridized carbons (Fsp3) is 0.333. The van der Waals surface area contributed by atoms with E-state index in [4.69, 9.17) is 10.5 Å². The summed E-state index contributed by atoms with van der Waals surface area (Å²) in [5.74, 6) is -0.459. The molecule has 0 aliphatic heterocycles. The molecule has 1 heterocycles. The second-order valence-electron chi connectivity index (χ2n) is 1.93. The van der Waals surface area contributed by atoms with Gasteiger partial charge >= 0.3 is 5.97 Å². The molecule has 0 radical (unpaired) electrons. The van der Waals surface area contributed by atoms with Crippen molar-refractivity contribution in [1.82, 2.24) is 4.98 Å². The quantitative estimate of drug-likeness (QED) is 0.652. The number of hydrogen-bond acceptors (Lipinski definition) is 5. The van der Waals surface area contributed by atoms with Crippen LogP contribution in [0.4, 0.5) is 0 Å². The molecule has 0 aliphatic rings. The van der Waals surface area contributed by atoms with Crippen molar-refractivity contribution in [1.29, 1.82) is 0 Å². The number of esters is 1. The normalized spacial score (nSPS) is 9.64. The maximum absolute atomic E-state index is 10.6. The van der Waals surface area contributed by atoms with E-state index in [1.54, 1.807) is 5.38 Å². The van der Waals surface area contributed by atoms with Crippen molar-refractivity contribution in [3.05, 3.63) is 11.1 Å². The minimum absolute atomic E-state index is 0.112. The fourth-order valence-electron chi connectivity index (χ4n) is 0.518. The van der Waals surface area contributed by atoms with E-state index in [1.165, 1.54) is 11.3 Å². The molecule has 4 nitrogen and oxygen atoms in total. The Bertz CT molecular complexity index is 259. The summed E-state index contributed by atoms with van der Waals surface area (Å²) >= 11 is 1.28. The Morgan fingerprint density at radius 1 is 1.91 bits per heavy atom. The Morgan fingerprint density at radius 3 is 3.09 bits per heavy atom. The van der Waals surface area contributed by atoms with Gasteiger partial charge in [-0.3, -0.25) is 4.79 Å². The van der Waals surface area contributed by atoms with E-state index < -0.39 is 5.97 Å². The number of rotatable bonds is 2. The van der Waals surface area contributed by atoms with Gasteiger partial charge in [0.15, 0.2) is 0 Å². The van der Waals surface area contributed by atoms with Crippen LogP contribution in [-0.4, -0.2) is 17.5 Å². The van der Waals surface area contributed by atoms with E-state index in [9.17, 15) is 4.79 Å². The minimum Gasteiger partial charge on any atom is -0.397 e. The molecular formula is C6H8N2O2S. The zero-order valence-corrected chi connectivity index (χ0v) is 6.85. The number of aryl methyl sites for hydroxylation is 1. The average molecular weight is 172 g/mol. The van der Waals surface area contributed by atoms with Crippen molar-refractivity contribution in [2.24, 2.45) is 5.73 Å². The average Bonchev–Trinajstić information content (AvgIpc) is 2.35. The van der Waals surface area contributed by atoms with Crippen LogP contribution in [0.5, 0.6) is 5.19 Å². The Hall–Kier alpha value is -0.940. The number of nitrogens with two attached hydrogens (primary N) is 1. The molecular weight excluding hydrogens is 164 g/mol. The number of ether oxygens (including phenoxy) is 1. The predicted molar refractivity (Wildman–Crippen MR) is 41.5 cm³/mol. The van der Waals surface area contributed by atoms with Gasteiger partial charge in [0.2, 0.25) is 0 Å². The number of hydrogen-bond donors (Lipinski definition) is 1. The first kappa shape index (κ1) is 8.16. The molecule has 2 N–H and O–H groups in total. The predicted octanol–water partition coefficient (Wildman–Crippen LogP) is 0.316. The monoisotopic (exact) mass is 172 g/mol. The Kier molecular flexibility index (Phi) is 2.56. The van der Waals surface area contributed by atoms with E-state index in [2.05, 4.69) is 4.98 Å². The van der Waals surface area contributed by atoms with Crippen LogP contribution >= 0.6 is 11.3 Å². The molecule has 0 bridgehead atoms. The van der Waals surface area contributed by atoms with Gasteiger partial charge < -0.3 is 10.5 Å². The van der Waals surface area contributed by atoms with Crippen LogP contribution in [0.25, 0.3) is 0 Å². The zero-order valence-electron chi connectivity index (χ0n) is 6.03. The molecule has 0 spiro atoms. The van der Waals surface area contributed by atoms with Crippen molar-refractivity contribution in [2.45, 2.75) is 6.92 Å². The van der Waals surface area contributed by atoms with E-state index in [0.29, 0.717) is 5.19 Å². The first-order valence-electron chi connectivity index (χ1n) is 3.05. The summed E-state index contributed by atoms with van der Waals surface area (Å²) < 4.78 is 4.73. The molecule has 0 fully saturated rings. The summed E-state index contributed by atoms with van der Waals surface area (Å²) in [5.41, 5.74) is 5.87. The summed E-state index contributed by atoms with van der Waals surface area (Å²) in [7, 11) is 0. The molecule has 5 heteroatoms. The van der Waals surface area contributed by atoms with Gasteiger partial charge in [0.05, 0.1) is 12.2 Å². The lowest BCUT2D eigenvalue weighted by Gasteiger charge is -1.94. The van der Waals surface area contributed by atoms with E-state index in [-0.39, 0.29) is 6.54 Å². The molecule has 0 atom stereocenters. The molecule has 11 heavy (non-hydrogen) atoms. The topological polar surface area (TPSA) is 65.2 Å². The Balaban J connectivity index is 2.57. The maximum Gasteiger partial charge on any atom is 0.327 e. The molecule has 0 unspecified atom stereocenters. The number of aromatic nitrogens is 1. The standard InChI is InChI=1S/C6H8N2O2S/c1-4-3-11-6(8-4)10-5(9)2-7/h3H,2,7H2,1H3. The van der Waals surface area contributed by atoms with Gasteiger partial charge in [-0.2, -0.15) is 0 Å². The van der Waals surface area contributed by atoms with Crippen molar-refractivity contribution < 1.29 is 9.53 Å². The lowest BCUT2D eigenvalue weighted by atomic mass is 10.6. The number of carbonyl (C=O) groups excluding carboxylic acids is 1. The Morgan fingerprint density at radius 2 is 2.64 bits per heavy atom. The van der Waals surface area contributed by atoms with Crippen LogP contribution in [0, 0.1) is 6.92 Å². The Labute approximate surface area is 68.0 Å². The van der Waals surface area contributed by atoms with Gasteiger partial charge in [0.25, 0.3) is 5.19 Å². The first-order valence-corrected chi connectivity index (χ1v) is 3.93. The second kappa shape index (κ2) is 3.45. The molecule has 60 valence electrons. The third kappa shape index (κ3) is 2.28. The van der Waals surface area contributed by atoms with Crippen molar-refractivity contribution >= 4 is 17.3 Å². The van der Waals surface area contributed by atoms with Gasteiger partial charge in [0.1, 0.15) is 0 Å². The third-order valence-corrected chi connectivity index (χ3v) is 1.80. The van der Waals surface area contributed by atoms with E-state index in [1.807, 2.05) is 6.92 Å². The van der Waals surface area contributed by atoms with Crippen molar-refractivity contribution in [3.63, 3.8) is 0 Å². The lowest BCUT2D eigenvalue weighted by Crippen LogP contribution is -2.19. The van der Waals surface area contributed by atoms with Crippen LogP contribution in [0.1, 0.15) is 5.69 Å². The van der Waals surface area contributed by atoms with Crippen LogP contribution in [0.15, 0.2) is 5.38 Å². The zero-order chi connectivity index (χ0) is 8.27. The van der Waals surface area contributed by atoms with Gasteiger partial charge in [-0.05, 0) is 6.92 Å². The highest BCUT2D eigenvalue weighted by molar-refractivity contribution is 7.11. The third-order valence-electron chi connectivity index (χ3n) is 0.966. The highest BCUT2D eigenvalue weighted by atomic mass is 32.1. The van der Waals surface area contributed by atoms with Crippen LogP contribution in [0.2, 0.25) is 0 Å². The SMILES string of the molecule is Cc1csc(OC(=O)CN)n1. The summed E-state index contributed by atoms with van der Waals surface area (Å²) in [4.78, 5) is 14.5. The summed E-state index contributed by atoms with van der Waals surface area (Å²) in [6.45, 7) is 1.72. The van der Waals surface area contributed by atoms with Crippen LogP contribution in [0.3, 0.4) is 0 Å². The summed E-state index contributed by atoms with van der Waals surface area (Å²) in [5, 5.41) is 2.16. The molecule has 1 aromatic heterocycles. The van der Waals surface area contributed by atoms with E-state index >= 15 is 0 Å². The molecule has 1 rings (SSSR count). The highest BCUT2D eigenvalue weighted by Gasteiger charge is 2.04. The van der Waals surface area contributed by atoms with Crippen LogP contribution < -0.4 is 10.5 Å². The van der Waals surface area contributed by atoms with Gasteiger partial charge in [-0.25, -0.2) is 4.98 Å². The number of carbonyl (C=O) groups is 1. The van der Waals surface area contributed by atoms with Crippen molar-refractivity contribution in [3.8, 4) is 5.19 Å². The van der Waals surface area contributed by atoms with E-state index in [0.717, 1.165) is 5.69 Å². The molecule has 0 aliphatic carbocycles. The van der Waals surface area contributed by atoms with Gasteiger partial charge in [-0.15, -0.1) is 0 Å². The molecule has 0 aromatic carbocycles. The van der Waals surface area contributed by atoms with Gasteiger partial charge in [-0.1, -0.05) is 11.3 Å². The maximum atomic E-state index is 10.6. The van der Waals surface area contributed by atoms with Crippen LogP contribution in [-0.2, 0) is 4.79 Å². The largest absolute Gasteiger partial charge is 0.397 e. The number of thiazole rings is 1. The van der Waals surface area contributed by atoms with Gasteiger partial charge in [0, 0.05) is 5.38 Å². The smallest absolute Gasteiger partial charge is 0.327 e. The lowest BCUT2D eigenvalue weighted by molar-refractivity contribution is -0.132. The van der Waals surface area contributed by atoms with Crippen molar-refractivity contribution in [2.75, 3.05) is 6.54 Å². The number of nitrogens with zero attached hydrogens (tertiary/aromatic N) is 1. The summed E-state index contributed by atoms with van der Waals surface area (Å²) in [6.07, 6.45) is 0. The molecule has 0 amide bonds.